The van der Waals surface area contributed by atoms with Crippen LogP contribution in [0.25, 0.3) is 0 Å². The molecule has 2 fully saturated rings. The van der Waals surface area contributed by atoms with Gasteiger partial charge in [-0.2, -0.15) is 0 Å². The van der Waals surface area contributed by atoms with E-state index in [4.69, 9.17) is 4.74 Å². The van der Waals surface area contributed by atoms with E-state index in [1.165, 1.54) is 12.8 Å². The van der Waals surface area contributed by atoms with Crippen molar-refractivity contribution < 1.29 is 9.53 Å². The van der Waals surface area contributed by atoms with Gasteiger partial charge in [0.15, 0.2) is 0 Å². The second kappa shape index (κ2) is 6.68. The number of hydrogen-bond acceptors (Lipinski definition) is 4. The SMILES string of the molecule is COCCN(C)CCNC(=O)C1CC12CCNCC2. The van der Waals surface area contributed by atoms with Gasteiger partial charge in [0, 0.05) is 32.7 Å². The van der Waals surface area contributed by atoms with Crippen molar-refractivity contribution in [3.05, 3.63) is 0 Å². The van der Waals surface area contributed by atoms with Crippen LogP contribution in [0.5, 0.6) is 0 Å². The van der Waals surface area contributed by atoms with Crippen LogP contribution in [0.2, 0.25) is 0 Å². The maximum Gasteiger partial charge on any atom is 0.223 e. The molecule has 0 aromatic carbocycles. The Kier molecular flexibility index (Phi) is 5.19. The number of methoxy groups -OCH3 is 1. The zero-order chi connectivity index (χ0) is 13.7. The first-order valence-electron chi connectivity index (χ1n) is 7.34. The molecule has 1 unspecified atom stereocenters. The minimum atomic E-state index is 0.266. The Morgan fingerprint density at radius 2 is 2.16 bits per heavy atom. The van der Waals surface area contributed by atoms with E-state index in [-0.39, 0.29) is 11.8 Å². The summed E-state index contributed by atoms with van der Waals surface area (Å²) in [6, 6.07) is 0. The van der Waals surface area contributed by atoms with Crippen LogP contribution in [0.1, 0.15) is 19.3 Å². The van der Waals surface area contributed by atoms with E-state index in [1.54, 1.807) is 7.11 Å². The second-order valence-corrected chi connectivity index (χ2v) is 5.96. The number of rotatable bonds is 7. The molecule has 110 valence electrons. The van der Waals surface area contributed by atoms with Crippen LogP contribution in [-0.2, 0) is 9.53 Å². The highest BCUT2D eigenvalue weighted by Gasteiger charge is 2.57. The van der Waals surface area contributed by atoms with Crippen LogP contribution >= 0.6 is 0 Å². The molecule has 5 heteroatoms. The highest BCUT2D eigenvalue weighted by molar-refractivity contribution is 5.82. The number of carbonyl (C=O) groups is 1. The topological polar surface area (TPSA) is 53.6 Å². The molecule has 1 atom stereocenters. The summed E-state index contributed by atoms with van der Waals surface area (Å²) in [5.74, 6) is 0.543. The third-order valence-corrected chi connectivity index (χ3v) is 4.58. The Hall–Kier alpha value is -0.650. The maximum atomic E-state index is 12.1. The molecular weight excluding hydrogens is 242 g/mol. The first-order valence-corrected chi connectivity index (χ1v) is 7.34. The van der Waals surface area contributed by atoms with Crippen molar-refractivity contribution >= 4 is 5.91 Å². The van der Waals surface area contributed by atoms with Crippen molar-refractivity contribution in [2.75, 3.05) is 53.5 Å². The van der Waals surface area contributed by atoms with E-state index in [1.807, 2.05) is 0 Å². The molecule has 2 N–H and O–H groups in total. The summed E-state index contributed by atoms with van der Waals surface area (Å²) in [4.78, 5) is 14.3. The Labute approximate surface area is 116 Å². The van der Waals surface area contributed by atoms with E-state index >= 15 is 0 Å². The molecule has 0 aromatic heterocycles. The Bertz CT molecular complexity index is 303. The predicted molar refractivity (Wildman–Crippen MR) is 75.0 cm³/mol. The molecule has 1 spiro atoms. The van der Waals surface area contributed by atoms with Gasteiger partial charge in [0.05, 0.1) is 6.61 Å². The largest absolute Gasteiger partial charge is 0.383 e. The van der Waals surface area contributed by atoms with E-state index in [0.717, 1.165) is 45.8 Å². The lowest BCUT2D eigenvalue weighted by Crippen LogP contribution is -2.37. The van der Waals surface area contributed by atoms with Crippen molar-refractivity contribution in [1.82, 2.24) is 15.5 Å². The molecule has 0 bridgehead atoms. The molecule has 1 saturated heterocycles. The van der Waals surface area contributed by atoms with Gasteiger partial charge in [-0.15, -0.1) is 0 Å². The summed E-state index contributed by atoms with van der Waals surface area (Å²) in [6.07, 6.45) is 3.43. The molecule has 5 nitrogen and oxygen atoms in total. The average molecular weight is 269 g/mol. The molecule has 0 radical (unpaired) electrons. The molecule has 1 aliphatic carbocycles. The third-order valence-electron chi connectivity index (χ3n) is 4.58. The van der Waals surface area contributed by atoms with Crippen LogP contribution in [0.15, 0.2) is 0 Å². The fourth-order valence-corrected chi connectivity index (χ4v) is 3.05. The molecule has 2 rings (SSSR count). The lowest BCUT2D eigenvalue weighted by molar-refractivity contribution is -0.123. The van der Waals surface area contributed by atoms with Crippen LogP contribution in [0, 0.1) is 11.3 Å². The summed E-state index contributed by atoms with van der Waals surface area (Å²) in [7, 11) is 3.76. The van der Waals surface area contributed by atoms with Gasteiger partial charge in [-0.05, 0) is 44.8 Å². The molecule has 19 heavy (non-hydrogen) atoms. The smallest absolute Gasteiger partial charge is 0.223 e. The van der Waals surface area contributed by atoms with Crippen molar-refractivity contribution in [1.29, 1.82) is 0 Å². The first-order chi connectivity index (χ1) is 9.18. The second-order valence-electron chi connectivity index (χ2n) is 5.96. The zero-order valence-electron chi connectivity index (χ0n) is 12.2. The number of likely N-dealkylation sites (N-methyl/N-ethyl adjacent to an activating group) is 1. The summed E-state index contributed by atoms with van der Waals surface area (Å²) >= 11 is 0. The minimum absolute atomic E-state index is 0.266. The Morgan fingerprint density at radius 1 is 1.42 bits per heavy atom. The van der Waals surface area contributed by atoms with E-state index < -0.39 is 0 Å². The van der Waals surface area contributed by atoms with E-state index in [2.05, 4.69) is 22.6 Å². The molecule has 2 aliphatic rings. The van der Waals surface area contributed by atoms with Gasteiger partial charge in [0.2, 0.25) is 5.91 Å². The van der Waals surface area contributed by atoms with Crippen molar-refractivity contribution in [3.63, 3.8) is 0 Å². The zero-order valence-corrected chi connectivity index (χ0v) is 12.2. The van der Waals surface area contributed by atoms with Gasteiger partial charge in [0.1, 0.15) is 0 Å². The number of nitrogens with one attached hydrogen (secondary N) is 2. The number of hydrogen-bond donors (Lipinski definition) is 2. The van der Waals surface area contributed by atoms with E-state index in [0.29, 0.717) is 5.41 Å². The van der Waals surface area contributed by atoms with Gasteiger partial charge in [-0.1, -0.05) is 0 Å². The first kappa shape index (κ1) is 14.8. The monoisotopic (exact) mass is 269 g/mol. The lowest BCUT2D eigenvalue weighted by atomic mass is 9.92. The highest BCUT2D eigenvalue weighted by atomic mass is 16.5. The molecule has 1 saturated carbocycles. The summed E-state index contributed by atoms with van der Waals surface area (Å²) in [5.41, 5.74) is 0.345. The third kappa shape index (κ3) is 3.91. The normalized spacial score (nSPS) is 24.7. The van der Waals surface area contributed by atoms with Crippen LogP contribution in [0.3, 0.4) is 0 Å². The van der Waals surface area contributed by atoms with Gasteiger partial charge < -0.3 is 20.3 Å². The van der Waals surface area contributed by atoms with Crippen LogP contribution in [0.4, 0.5) is 0 Å². The molecule has 1 heterocycles. The van der Waals surface area contributed by atoms with Crippen molar-refractivity contribution in [2.24, 2.45) is 11.3 Å². The fourth-order valence-electron chi connectivity index (χ4n) is 3.05. The van der Waals surface area contributed by atoms with Crippen LogP contribution < -0.4 is 10.6 Å². The lowest BCUT2D eigenvalue weighted by Gasteiger charge is -2.23. The average Bonchev–Trinajstić information content (AvgIpc) is 3.10. The summed E-state index contributed by atoms with van der Waals surface area (Å²) in [5, 5.41) is 6.45. The maximum absolute atomic E-state index is 12.1. The molecule has 0 aromatic rings. The highest BCUT2D eigenvalue weighted by Crippen LogP contribution is 2.58. The van der Waals surface area contributed by atoms with Crippen molar-refractivity contribution in [2.45, 2.75) is 19.3 Å². The quantitative estimate of drug-likeness (QED) is 0.687. The van der Waals surface area contributed by atoms with Gasteiger partial charge >= 0.3 is 0 Å². The minimum Gasteiger partial charge on any atom is -0.383 e. The Morgan fingerprint density at radius 3 is 2.84 bits per heavy atom. The fraction of sp³-hybridized carbons (Fsp3) is 0.929. The number of ether oxygens (including phenoxy) is 1. The summed E-state index contributed by atoms with van der Waals surface area (Å²) in [6.45, 7) is 5.42. The Balaban J connectivity index is 1.60. The standard InChI is InChI=1S/C14H27N3O2/c1-17(9-10-19-2)8-7-16-13(18)12-11-14(12)3-5-15-6-4-14/h12,15H,3-11H2,1-2H3,(H,16,18). The van der Waals surface area contributed by atoms with Gasteiger partial charge in [0.25, 0.3) is 0 Å². The number of amides is 1. The number of piperidine rings is 1. The molecule has 1 aliphatic heterocycles. The van der Waals surface area contributed by atoms with Crippen molar-refractivity contribution in [3.8, 4) is 0 Å². The van der Waals surface area contributed by atoms with Gasteiger partial charge in [-0.25, -0.2) is 0 Å². The molecular formula is C14H27N3O2. The number of nitrogens with zero attached hydrogens (tertiary/aromatic N) is 1. The summed E-state index contributed by atoms with van der Waals surface area (Å²) < 4.78 is 5.03. The van der Waals surface area contributed by atoms with Gasteiger partial charge in [-0.3, -0.25) is 4.79 Å². The van der Waals surface area contributed by atoms with E-state index in [9.17, 15) is 4.79 Å². The number of carbonyl (C=O) groups excluding carboxylic acids is 1. The predicted octanol–water partition coefficient (Wildman–Crippen LogP) is 0.0705. The van der Waals surface area contributed by atoms with Crippen LogP contribution in [-0.4, -0.2) is 64.3 Å². The molecule has 1 amide bonds.